The van der Waals surface area contributed by atoms with Gasteiger partial charge < -0.3 is 45.5 Å². The summed E-state index contributed by atoms with van der Waals surface area (Å²) in [6.07, 6.45) is -7.16. The smallest absolute Gasteiger partial charge is 0.419 e. The number of nitrogens with one attached hydrogen (secondary N) is 3. The van der Waals surface area contributed by atoms with Crippen LogP contribution in [-0.4, -0.2) is 128 Å². The highest BCUT2D eigenvalue weighted by molar-refractivity contribution is 7.99. The molecule has 0 bridgehead atoms. The number of fused-ring (bicyclic) bond motifs is 8. The standard InChI is InChI=1S/C25H28N2O6.C24H26N2O6S.C24H26N2O6/c1-4-21(28)19(13-22(29)30)26-24(31)23(15(2)3)33-25(32)27-14-16-9-5-6-10-17(16)18-11-7-8-12-20(18)27;1-4-18(27)15(13-21(28)29)25-23(30)22(14(2)3)32-24(31)26-16-9-5-7-11-19(16)33-20-12-8-6-10-17(20)26;1-4-20(27)17(13-21(28)29)25-23(30)22(14(2)3)32-24(31)26-18-11-7-5-9-15(18)16-10-6-8-12-19(16)26/h5-12,15,19,23H,4,13-14H2,1-3H3,(H,26,31)(H,29,30);5-12,14-15,22H,4,13H2,1-3H3,(H,25,30)(H,28,29);5-12,14,17,22H,4,13H2,1-3H3,(H,25,30)(H,28,29). The minimum absolute atomic E-state index is 0.0728. The summed E-state index contributed by atoms with van der Waals surface area (Å²) in [5.74, 6) is -8.17. The summed E-state index contributed by atoms with van der Waals surface area (Å²) in [6, 6.07) is 41.2. The van der Waals surface area contributed by atoms with Crippen molar-refractivity contribution in [1.29, 1.82) is 0 Å². The Morgan fingerprint density at radius 2 is 0.755 bits per heavy atom. The van der Waals surface area contributed by atoms with E-state index < -0.39 is 145 Å². The SMILES string of the molecule is CCC(=O)C(CC(=O)O)NC(=O)C(OC(=O)N1Cc2ccccc2-c2ccccc21)C(C)C.CCC(=O)C(CC(=O)O)NC(=O)C(OC(=O)N1c2ccccc2Sc2ccccc21)C(C)C.CCC(=O)C(CC(=O)O)NC(=O)C(OC(=O)n1c2ccccc2c2ccccc21)C(C)C. The highest BCUT2D eigenvalue weighted by Gasteiger charge is 2.38. The van der Waals surface area contributed by atoms with Crippen molar-refractivity contribution in [1.82, 2.24) is 20.5 Å². The van der Waals surface area contributed by atoms with Crippen LogP contribution in [0.2, 0.25) is 0 Å². The fourth-order valence-electron chi connectivity index (χ4n) is 11.0. The number of aliphatic carboxylic acids is 3. The van der Waals surface area contributed by atoms with Crippen molar-refractivity contribution in [2.75, 3.05) is 9.80 Å². The molecule has 0 spiro atoms. The van der Waals surface area contributed by atoms with Gasteiger partial charge >= 0.3 is 36.2 Å². The van der Waals surface area contributed by atoms with Crippen molar-refractivity contribution in [2.45, 2.75) is 154 Å². The van der Waals surface area contributed by atoms with E-state index in [2.05, 4.69) is 16.0 Å². The molecule has 1 aromatic heterocycles. The van der Waals surface area contributed by atoms with Gasteiger partial charge in [0, 0.05) is 45.4 Å². The summed E-state index contributed by atoms with van der Waals surface area (Å²) < 4.78 is 18.3. The molecule has 6 aromatic carbocycles. The molecule has 2 aliphatic rings. The number of carboxylic acid groups (broad SMARTS) is 3. The number of Topliss-reactive ketones (excluding diaryl/α,β-unsaturated/α-hetero) is 3. The molecule has 2 aliphatic heterocycles. The number of carbonyl (C=O) groups is 12. The lowest BCUT2D eigenvalue weighted by atomic mass is 9.94. The van der Waals surface area contributed by atoms with E-state index in [0.29, 0.717) is 28.1 Å². The highest BCUT2D eigenvalue weighted by atomic mass is 32.2. The van der Waals surface area contributed by atoms with Crippen LogP contribution in [0.4, 0.5) is 31.4 Å². The number of ketones is 3. The number of para-hydroxylation sites is 5. The zero-order chi connectivity index (χ0) is 71.7. The summed E-state index contributed by atoms with van der Waals surface area (Å²) >= 11 is 1.53. The molecule has 6 atom stereocenters. The van der Waals surface area contributed by atoms with Crippen molar-refractivity contribution >= 4 is 122 Å². The molecule has 25 heteroatoms. The first-order valence-corrected chi connectivity index (χ1v) is 32.9. The predicted molar refractivity (Wildman–Crippen MR) is 366 cm³/mol. The van der Waals surface area contributed by atoms with Crippen molar-refractivity contribution < 1.29 is 87.1 Å². The Labute approximate surface area is 570 Å². The first-order chi connectivity index (χ1) is 46.7. The van der Waals surface area contributed by atoms with Crippen molar-refractivity contribution in [3.8, 4) is 11.1 Å². The molecule has 516 valence electrons. The minimum atomic E-state index is -1.22. The van der Waals surface area contributed by atoms with Gasteiger partial charge in [0.25, 0.3) is 17.7 Å². The van der Waals surface area contributed by atoms with Gasteiger partial charge in [-0.2, -0.15) is 0 Å². The van der Waals surface area contributed by atoms with E-state index in [0.717, 1.165) is 37.3 Å². The van der Waals surface area contributed by atoms with Gasteiger partial charge in [-0.25, -0.2) is 23.9 Å². The molecular formula is C73H80N6O18S. The van der Waals surface area contributed by atoms with Gasteiger partial charge in [-0.15, -0.1) is 0 Å². The van der Waals surface area contributed by atoms with Crippen LogP contribution >= 0.6 is 11.8 Å². The molecule has 0 saturated carbocycles. The third kappa shape index (κ3) is 18.4. The molecule has 6 unspecified atom stereocenters. The maximum atomic E-state index is 13.3. The number of nitrogens with zero attached hydrogens (tertiary/aromatic N) is 3. The van der Waals surface area contributed by atoms with Crippen LogP contribution in [0.1, 0.15) is 106 Å². The maximum absolute atomic E-state index is 13.3. The molecule has 7 aromatic rings. The number of amides is 5. The lowest BCUT2D eigenvalue weighted by molar-refractivity contribution is -0.142. The summed E-state index contributed by atoms with van der Waals surface area (Å²) in [7, 11) is 0. The van der Waals surface area contributed by atoms with Gasteiger partial charge in [-0.05, 0) is 71.3 Å². The number of ether oxygens (including phenoxy) is 3. The fraction of sp³-hybridized carbons (Fsp3) is 0.342. The van der Waals surface area contributed by atoms with Crippen molar-refractivity contribution in [2.24, 2.45) is 17.8 Å². The molecule has 0 saturated heterocycles. The summed E-state index contributed by atoms with van der Waals surface area (Å²) in [6.45, 7) is 15.3. The first-order valence-electron chi connectivity index (χ1n) is 32.1. The lowest BCUT2D eigenvalue weighted by Gasteiger charge is -2.32. The zero-order valence-corrected chi connectivity index (χ0v) is 56.5. The molecule has 5 amide bonds. The van der Waals surface area contributed by atoms with Gasteiger partial charge in [-0.3, -0.25) is 48.1 Å². The zero-order valence-electron chi connectivity index (χ0n) is 55.7. The minimum Gasteiger partial charge on any atom is -0.481 e. The average molecular weight is 1360 g/mol. The van der Waals surface area contributed by atoms with Gasteiger partial charge in [0.1, 0.15) is 0 Å². The van der Waals surface area contributed by atoms with Crippen LogP contribution in [0.5, 0.6) is 0 Å². The number of rotatable bonds is 24. The van der Waals surface area contributed by atoms with E-state index in [1.54, 1.807) is 86.6 Å². The summed E-state index contributed by atoms with van der Waals surface area (Å²) in [5.41, 5.74) is 6.11. The number of hydrogen-bond donors (Lipinski definition) is 6. The van der Waals surface area contributed by atoms with E-state index in [4.69, 9.17) is 29.5 Å². The number of carbonyl (C=O) groups excluding carboxylic acids is 9. The van der Waals surface area contributed by atoms with E-state index in [1.807, 2.05) is 121 Å². The second kappa shape index (κ2) is 34.3. The summed E-state index contributed by atoms with van der Waals surface area (Å²) in [5, 5.41) is 36.4. The first kappa shape index (κ1) is 74.7. The normalized spacial score (nSPS) is 13.7. The van der Waals surface area contributed by atoms with E-state index in [9.17, 15) is 57.5 Å². The highest BCUT2D eigenvalue weighted by Crippen LogP contribution is 2.48. The van der Waals surface area contributed by atoms with Crippen LogP contribution in [0.15, 0.2) is 155 Å². The molecular weight excluding hydrogens is 1280 g/mol. The number of carboxylic acids is 3. The van der Waals surface area contributed by atoms with Gasteiger partial charge in [0.2, 0.25) is 0 Å². The molecule has 0 radical (unpaired) electrons. The van der Waals surface area contributed by atoms with E-state index in [-0.39, 0.29) is 25.8 Å². The van der Waals surface area contributed by atoms with Gasteiger partial charge in [0.05, 0.1) is 72.0 Å². The molecule has 0 fully saturated rings. The Kier molecular flexibility index (Phi) is 26.2. The van der Waals surface area contributed by atoms with Gasteiger partial charge in [-0.1, -0.05) is 177 Å². The van der Waals surface area contributed by atoms with Crippen LogP contribution in [0, 0.1) is 17.8 Å². The van der Waals surface area contributed by atoms with Crippen molar-refractivity contribution in [3.63, 3.8) is 0 Å². The average Bonchev–Trinajstić information content (AvgIpc) is 1.47. The Morgan fingerprint density at radius 3 is 1.15 bits per heavy atom. The predicted octanol–water partition coefficient (Wildman–Crippen LogP) is 11.9. The quantitative estimate of drug-likeness (QED) is 0.0306. The van der Waals surface area contributed by atoms with E-state index >= 15 is 0 Å². The Morgan fingerprint density at radius 1 is 0.418 bits per heavy atom. The number of aromatic nitrogens is 1. The molecule has 9 rings (SSSR count). The molecule has 3 heterocycles. The van der Waals surface area contributed by atoms with Crippen molar-refractivity contribution in [3.05, 3.63) is 151 Å². The second-order valence-electron chi connectivity index (χ2n) is 24.1. The van der Waals surface area contributed by atoms with Crippen LogP contribution in [-0.2, 0) is 63.9 Å². The maximum Gasteiger partial charge on any atom is 0.419 e. The van der Waals surface area contributed by atoms with Crippen LogP contribution in [0.3, 0.4) is 0 Å². The second-order valence-corrected chi connectivity index (χ2v) is 25.2. The summed E-state index contributed by atoms with van der Waals surface area (Å²) in [4.78, 5) is 153. The molecule has 6 N–H and O–H groups in total. The topological polar surface area (TPSA) is 341 Å². The van der Waals surface area contributed by atoms with E-state index in [1.165, 1.54) is 26.1 Å². The number of hydrogen-bond acceptors (Lipinski definition) is 16. The Bertz CT molecular complexity index is 4050. The molecule has 98 heavy (non-hydrogen) atoms. The Hall–Kier alpha value is -10.7. The number of benzene rings is 6. The largest absolute Gasteiger partial charge is 0.481 e. The van der Waals surface area contributed by atoms with Crippen LogP contribution in [0.25, 0.3) is 32.9 Å². The third-order valence-corrected chi connectivity index (χ3v) is 17.1. The van der Waals surface area contributed by atoms with Crippen LogP contribution < -0.4 is 25.8 Å². The third-order valence-electron chi connectivity index (χ3n) is 16.0. The monoisotopic (exact) mass is 1360 g/mol. The lowest BCUT2D eigenvalue weighted by Crippen LogP contribution is -2.50. The molecule has 0 aliphatic carbocycles. The number of anilines is 3. The molecule has 24 nitrogen and oxygen atoms in total. The Balaban J connectivity index is 0.000000207. The van der Waals surface area contributed by atoms with Gasteiger partial charge in [0.15, 0.2) is 35.7 Å². The fourth-order valence-corrected chi connectivity index (χ4v) is 12.1.